The summed E-state index contributed by atoms with van der Waals surface area (Å²) in [7, 11) is 0. The molecule has 0 aromatic rings. The van der Waals surface area contributed by atoms with E-state index in [2.05, 4.69) is 38.2 Å². The van der Waals surface area contributed by atoms with Crippen molar-refractivity contribution in [1.29, 1.82) is 0 Å². The highest BCUT2D eigenvalue weighted by atomic mass is 16.4. The minimum Gasteiger partial charge on any atom is -0.481 e. The molecule has 0 aliphatic carbocycles. The number of unbranched alkanes of at least 4 members (excludes halogenated alkanes) is 9. The summed E-state index contributed by atoms with van der Waals surface area (Å²) in [6.45, 7) is 6.20. The number of allylic oxidation sites excluding steroid dienone is 4. The van der Waals surface area contributed by atoms with Crippen LogP contribution < -0.4 is 0 Å². The number of hydrogen-bond donors (Lipinski definition) is 1. The normalized spacial score (nSPS) is 14.4. The number of rotatable bonds is 17. The molecule has 0 bridgehead atoms. The van der Waals surface area contributed by atoms with Crippen LogP contribution in [0.15, 0.2) is 24.3 Å². The Labute approximate surface area is 156 Å². The maximum Gasteiger partial charge on any atom is 0.306 e. The van der Waals surface area contributed by atoms with Gasteiger partial charge in [0.2, 0.25) is 0 Å². The zero-order valence-corrected chi connectivity index (χ0v) is 17.0. The van der Waals surface area contributed by atoms with Crippen LogP contribution in [0.4, 0.5) is 0 Å². The molecular formula is C23H42O2. The standard InChI is InChI=1S/C23H42O2/c1-4-6-7-8-9-10-11-12-13-14-15-16-17-18-19-20-22(5-2)21(3)23(24)25/h13-16,21-22H,4-12,17-20H2,1-3H3,(H,24,25). The lowest BCUT2D eigenvalue weighted by molar-refractivity contribution is -0.143. The Kier molecular flexibility index (Phi) is 17.0. The fraction of sp³-hybridized carbons (Fsp3) is 0.783. The van der Waals surface area contributed by atoms with Gasteiger partial charge >= 0.3 is 5.97 Å². The van der Waals surface area contributed by atoms with Crippen LogP contribution in [0.1, 0.15) is 104 Å². The van der Waals surface area contributed by atoms with Crippen LogP contribution in [-0.2, 0) is 4.79 Å². The molecule has 0 radical (unpaired) electrons. The number of carboxylic acid groups (broad SMARTS) is 1. The van der Waals surface area contributed by atoms with E-state index in [1.807, 2.05) is 6.92 Å². The number of hydrogen-bond acceptors (Lipinski definition) is 1. The fourth-order valence-corrected chi connectivity index (χ4v) is 3.25. The summed E-state index contributed by atoms with van der Waals surface area (Å²) in [4.78, 5) is 11.0. The summed E-state index contributed by atoms with van der Waals surface area (Å²) in [5, 5.41) is 9.09. The Hall–Kier alpha value is -1.05. The zero-order valence-electron chi connectivity index (χ0n) is 17.0. The molecule has 0 spiro atoms. The van der Waals surface area contributed by atoms with E-state index in [0.717, 1.165) is 32.1 Å². The van der Waals surface area contributed by atoms with E-state index in [1.54, 1.807) is 0 Å². The minimum absolute atomic E-state index is 0.213. The van der Waals surface area contributed by atoms with E-state index < -0.39 is 5.97 Å². The van der Waals surface area contributed by atoms with Gasteiger partial charge in [0, 0.05) is 0 Å². The highest BCUT2D eigenvalue weighted by Gasteiger charge is 2.21. The van der Waals surface area contributed by atoms with E-state index in [1.165, 1.54) is 51.4 Å². The molecule has 0 amide bonds. The number of carboxylic acids is 1. The van der Waals surface area contributed by atoms with E-state index in [-0.39, 0.29) is 5.92 Å². The van der Waals surface area contributed by atoms with Crippen LogP contribution in [0.25, 0.3) is 0 Å². The fourth-order valence-electron chi connectivity index (χ4n) is 3.25. The van der Waals surface area contributed by atoms with Gasteiger partial charge in [0.05, 0.1) is 5.92 Å². The van der Waals surface area contributed by atoms with Crippen LogP contribution in [-0.4, -0.2) is 11.1 Å². The molecule has 2 heteroatoms. The minimum atomic E-state index is -0.655. The first-order valence-corrected chi connectivity index (χ1v) is 10.7. The van der Waals surface area contributed by atoms with E-state index >= 15 is 0 Å². The SMILES string of the molecule is CCCCCCCCCC=CC=CCCCCC(CC)C(C)C(=O)O. The Morgan fingerprint density at radius 2 is 1.36 bits per heavy atom. The summed E-state index contributed by atoms with van der Waals surface area (Å²) in [6, 6.07) is 0. The van der Waals surface area contributed by atoms with Crippen LogP contribution in [0, 0.1) is 11.8 Å². The van der Waals surface area contributed by atoms with Gasteiger partial charge < -0.3 is 5.11 Å². The van der Waals surface area contributed by atoms with Crippen LogP contribution in [0.3, 0.4) is 0 Å². The summed E-state index contributed by atoms with van der Waals surface area (Å²) >= 11 is 0. The first kappa shape index (κ1) is 23.9. The van der Waals surface area contributed by atoms with Crippen molar-refractivity contribution >= 4 is 5.97 Å². The first-order valence-electron chi connectivity index (χ1n) is 10.7. The molecule has 25 heavy (non-hydrogen) atoms. The van der Waals surface area contributed by atoms with Gasteiger partial charge in [-0.05, 0) is 38.0 Å². The van der Waals surface area contributed by atoms with Crippen LogP contribution in [0.2, 0.25) is 0 Å². The monoisotopic (exact) mass is 350 g/mol. The predicted octanol–water partition coefficient (Wildman–Crippen LogP) is 7.55. The average molecular weight is 351 g/mol. The molecule has 2 atom stereocenters. The van der Waals surface area contributed by atoms with E-state index in [9.17, 15) is 4.79 Å². The van der Waals surface area contributed by atoms with E-state index in [4.69, 9.17) is 5.11 Å². The molecule has 0 rings (SSSR count). The lowest BCUT2D eigenvalue weighted by Crippen LogP contribution is -2.20. The smallest absolute Gasteiger partial charge is 0.306 e. The van der Waals surface area contributed by atoms with Gasteiger partial charge in [0.15, 0.2) is 0 Å². The van der Waals surface area contributed by atoms with Crippen LogP contribution in [0.5, 0.6) is 0 Å². The van der Waals surface area contributed by atoms with Crippen molar-refractivity contribution in [1.82, 2.24) is 0 Å². The van der Waals surface area contributed by atoms with Crippen molar-refractivity contribution in [2.45, 2.75) is 104 Å². The molecular weight excluding hydrogens is 308 g/mol. The molecule has 1 N–H and O–H groups in total. The Morgan fingerprint density at radius 1 is 0.840 bits per heavy atom. The summed E-state index contributed by atoms with van der Waals surface area (Å²) in [5.41, 5.74) is 0. The summed E-state index contributed by atoms with van der Waals surface area (Å²) in [6.07, 6.45) is 25.0. The van der Waals surface area contributed by atoms with Gasteiger partial charge in [0.25, 0.3) is 0 Å². The number of aliphatic carboxylic acids is 1. The zero-order chi connectivity index (χ0) is 18.8. The van der Waals surface area contributed by atoms with Crippen molar-refractivity contribution in [3.63, 3.8) is 0 Å². The molecule has 0 saturated heterocycles. The molecule has 2 nitrogen and oxygen atoms in total. The largest absolute Gasteiger partial charge is 0.481 e. The van der Waals surface area contributed by atoms with Gasteiger partial charge in [-0.15, -0.1) is 0 Å². The summed E-state index contributed by atoms with van der Waals surface area (Å²) < 4.78 is 0. The molecule has 2 unspecified atom stereocenters. The van der Waals surface area contributed by atoms with Crippen LogP contribution >= 0.6 is 0 Å². The van der Waals surface area contributed by atoms with Gasteiger partial charge in [-0.2, -0.15) is 0 Å². The third-order valence-corrected chi connectivity index (χ3v) is 5.17. The maximum atomic E-state index is 11.0. The molecule has 0 aliphatic heterocycles. The Balaban J connectivity index is 3.52. The third-order valence-electron chi connectivity index (χ3n) is 5.17. The molecule has 0 aromatic heterocycles. The van der Waals surface area contributed by atoms with Crippen molar-refractivity contribution in [2.75, 3.05) is 0 Å². The van der Waals surface area contributed by atoms with Crippen molar-refractivity contribution in [3.05, 3.63) is 24.3 Å². The van der Waals surface area contributed by atoms with Gasteiger partial charge in [0.1, 0.15) is 0 Å². The molecule has 0 fully saturated rings. The van der Waals surface area contributed by atoms with E-state index in [0.29, 0.717) is 5.92 Å². The number of carbonyl (C=O) groups is 1. The maximum absolute atomic E-state index is 11.0. The lowest BCUT2D eigenvalue weighted by Gasteiger charge is -2.18. The lowest BCUT2D eigenvalue weighted by atomic mass is 9.87. The van der Waals surface area contributed by atoms with Gasteiger partial charge in [-0.1, -0.05) is 96.4 Å². The second kappa shape index (κ2) is 17.8. The highest BCUT2D eigenvalue weighted by Crippen LogP contribution is 2.22. The molecule has 0 saturated carbocycles. The highest BCUT2D eigenvalue weighted by molar-refractivity contribution is 5.69. The first-order chi connectivity index (χ1) is 12.1. The van der Waals surface area contributed by atoms with Gasteiger partial charge in [-0.25, -0.2) is 0 Å². The van der Waals surface area contributed by atoms with Crippen molar-refractivity contribution in [3.8, 4) is 0 Å². The molecule has 0 aliphatic rings. The molecule has 146 valence electrons. The van der Waals surface area contributed by atoms with Crippen molar-refractivity contribution < 1.29 is 9.90 Å². The third kappa shape index (κ3) is 15.0. The topological polar surface area (TPSA) is 37.3 Å². The second-order valence-electron chi connectivity index (χ2n) is 7.35. The molecule has 0 aromatic carbocycles. The predicted molar refractivity (Wildman–Crippen MR) is 110 cm³/mol. The quantitative estimate of drug-likeness (QED) is 0.217. The summed E-state index contributed by atoms with van der Waals surface area (Å²) in [5.74, 6) is -0.545. The Morgan fingerprint density at radius 3 is 1.88 bits per heavy atom. The second-order valence-corrected chi connectivity index (χ2v) is 7.35. The van der Waals surface area contributed by atoms with Crippen molar-refractivity contribution in [2.24, 2.45) is 11.8 Å². The van der Waals surface area contributed by atoms with Gasteiger partial charge in [-0.3, -0.25) is 4.79 Å². The average Bonchev–Trinajstić information content (AvgIpc) is 2.61. The molecule has 0 heterocycles. The Bertz CT molecular complexity index is 357.